The Morgan fingerprint density at radius 3 is 2.68 bits per heavy atom. The Bertz CT molecular complexity index is 918. The van der Waals surface area contributed by atoms with E-state index in [2.05, 4.69) is 16.8 Å². The van der Waals surface area contributed by atoms with Crippen LogP contribution in [0.3, 0.4) is 0 Å². The van der Waals surface area contributed by atoms with Crippen LogP contribution in [0.5, 0.6) is 5.75 Å². The van der Waals surface area contributed by atoms with Crippen LogP contribution in [0.15, 0.2) is 35.1 Å². The normalized spacial score (nSPS) is 20.6. The zero-order chi connectivity index (χ0) is 19.7. The molecule has 2 aliphatic heterocycles. The van der Waals surface area contributed by atoms with E-state index in [0.29, 0.717) is 36.3 Å². The number of benzene rings is 1. The third kappa shape index (κ3) is 3.61. The number of aromatic nitrogens is 2. The van der Waals surface area contributed by atoms with Crippen molar-refractivity contribution < 1.29 is 9.53 Å². The minimum atomic E-state index is -0.165. The van der Waals surface area contributed by atoms with Crippen LogP contribution in [0, 0.1) is 5.92 Å². The van der Waals surface area contributed by atoms with E-state index in [0.717, 1.165) is 31.6 Å². The summed E-state index contributed by atoms with van der Waals surface area (Å²) in [6, 6.07) is 9.02. The average molecular weight is 382 g/mol. The summed E-state index contributed by atoms with van der Waals surface area (Å²) in [6.07, 6.45) is 2.53. The fraction of sp³-hybridized carbons (Fsp3) is 0.476. The van der Waals surface area contributed by atoms with Gasteiger partial charge in [0, 0.05) is 38.0 Å². The predicted molar refractivity (Wildman–Crippen MR) is 108 cm³/mol. The smallest absolute Gasteiger partial charge is 0.252 e. The van der Waals surface area contributed by atoms with E-state index in [1.54, 1.807) is 12.0 Å². The van der Waals surface area contributed by atoms with Gasteiger partial charge in [-0.25, -0.2) is 4.98 Å². The van der Waals surface area contributed by atoms with Gasteiger partial charge in [-0.3, -0.25) is 14.6 Å². The Hall–Kier alpha value is -2.83. The van der Waals surface area contributed by atoms with Crippen molar-refractivity contribution in [2.75, 3.05) is 36.5 Å². The van der Waals surface area contributed by atoms with E-state index < -0.39 is 0 Å². The van der Waals surface area contributed by atoms with Gasteiger partial charge in [-0.05, 0) is 30.9 Å². The lowest BCUT2D eigenvalue weighted by molar-refractivity contribution is -0.117. The molecule has 2 fully saturated rings. The highest BCUT2D eigenvalue weighted by atomic mass is 16.5. The number of ether oxygens (including phenoxy) is 1. The Kier molecular flexibility index (Phi) is 5.07. The average Bonchev–Trinajstić information content (AvgIpc) is 3.09. The first-order valence-corrected chi connectivity index (χ1v) is 9.84. The van der Waals surface area contributed by atoms with Gasteiger partial charge in [0.1, 0.15) is 5.75 Å². The van der Waals surface area contributed by atoms with E-state index in [4.69, 9.17) is 9.72 Å². The summed E-state index contributed by atoms with van der Waals surface area (Å²) in [5.74, 6) is 1.90. The third-order valence-electron chi connectivity index (χ3n) is 5.75. The van der Waals surface area contributed by atoms with E-state index >= 15 is 0 Å². The van der Waals surface area contributed by atoms with Gasteiger partial charge in [0.25, 0.3) is 5.56 Å². The molecule has 0 aliphatic carbocycles. The maximum absolute atomic E-state index is 12.7. The molecule has 0 radical (unpaired) electrons. The molecule has 7 nitrogen and oxygen atoms in total. The number of hydrogen-bond donors (Lipinski definition) is 1. The van der Waals surface area contributed by atoms with Crippen molar-refractivity contribution in [2.45, 2.75) is 32.1 Å². The molecule has 0 spiro atoms. The Morgan fingerprint density at radius 1 is 1.18 bits per heavy atom. The molecule has 4 rings (SSSR count). The van der Waals surface area contributed by atoms with Crippen LogP contribution in [0.4, 0.5) is 11.6 Å². The van der Waals surface area contributed by atoms with Crippen LogP contribution in [-0.2, 0) is 4.79 Å². The first kappa shape index (κ1) is 18.5. The summed E-state index contributed by atoms with van der Waals surface area (Å²) in [5, 5.41) is 0. The number of para-hydroxylation sites is 2. The van der Waals surface area contributed by atoms with Crippen LogP contribution in [0.25, 0.3) is 0 Å². The molecule has 0 bridgehead atoms. The second-order valence-corrected chi connectivity index (χ2v) is 7.74. The predicted octanol–water partition coefficient (Wildman–Crippen LogP) is 2.54. The lowest BCUT2D eigenvalue weighted by atomic mass is 9.99. The lowest BCUT2D eigenvalue weighted by Crippen LogP contribution is -2.35. The molecule has 1 N–H and O–H groups in total. The summed E-state index contributed by atoms with van der Waals surface area (Å²) in [7, 11) is 1.60. The lowest BCUT2D eigenvalue weighted by Gasteiger charge is -2.30. The van der Waals surface area contributed by atoms with Crippen molar-refractivity contribution in [3.8, 4) is 5.75 Å². The number of carbonyl (C=O) groups excluding carboxylic acids is 1. The monoisotopic (exact) mass is 382 g/mol. The number of hydrogen-bond acceptors (Lipinski definition) is 5. The number of nitrogens with zero attached hydrogens (tertiary/aromatic N) is 3. The third-order valence-corrected chi connectivity index (χ3v) is 5.75. The van der Waals surface area contributed by atoms with Crippen molar-refractivity contribution in [2.24, 2.45) is 5.92 Å². The number of H-pyrrole nitrogens is 1. The molecular weight excluding hydrogens is 356 g/mol. The van der Waals surface area contributed by atoms with Crippen molar-refractivity contribution >= 4 is 17.5 Å². The molecule has 7 heteroatoms. The zero-order valence-corrected chi connectivity index (χ0v) is 16.4. The summed E-state index contributed by atoms with van der Waals surface area (Å²) < 4.78 is 5.40. The second kappa shape index (κ2) is 7.66. The highest BCUT2D eigenvalue weighted by molar-refractivity contribution is 5.97. The van der Waals surface area contributed by atoms with Crippen LogP contribution in [-0.4, -0.2) is 42.6 Å². The van der Waals surface area contributed by atoms with E-state index in [-0.39, 0.29) is 17.4 Å². The molecule has 0 saturated carbocycles. The highest BCUT2D eigenvalue weighted by Gasteiger charge is 2.34. The molecule has 1 aromatic heterocycles. The number of nitrogens with one attached hydrogen (secondary N) is 1. The quantitative estimate of drug-likeness (QED) is 0.879. The van der Waals surface area contributed by atoms with E-state index in [9.17, 15) is 9.59 Å². The van der Waals surface area contributed by atoms with Crippen molar-refractivity contribution in [1.29, 1.82) is 0 Å². The van der Waals surface area contributed by atoms with Crippen molar-refractivity contribution in [1.82, 2.24) is 9.97 Å². The van der Waals surface area contributed by atoms with E-state index in [1.165, 1.54) is 6.07 Å². The Morgan fingerprint density at radius 2 is 1.93 bits per heavy atom. The number of rotatable bonds is 4. The maximum Gasteiger partial charge on any atom is 0.252 e. The molecule has 1 amide bonds. The van der Waals surface area contributed by atoms with Gasteiger partial charge in [0.2, 0.25) is 11.9 Å². The minimum absolute atomic E-state index is 0.0185. The first-order valence-electron chi connectivity index (χ1n) is 9.84. The van der Waals surface area contributed by atoms with Crippen molar-refractivity contribution in [3.63, 3.8) is 0 Å². The molecule has 2 saturated heterocycles. The number of piperidine rings is 1. The molecule has 2 aromatic rings. The maximum atomic E-state index is 12.7. The number of amides is 1. The fourth-order valence-electron chi connectivity index (χ4n) is 4.03. The highest BCUT2D eigenvalue weighted by Crippen LogP contribution is 2.36. The van der Waals surface area contributed by atoms with Gasteiger partial charge >= 0.3 is 0 Å². The Labute approximate surface area is 164 Å². The van der Waals surface area contributed by atoms with Gasteiger partial charge in [0.05, 0.1) is 18.5 Å². The van der Waals surface area contributed by atoms with E-state index in [1.807, 2.05) is 24.3 Å². The first-order chi connectivity index (χ1) is 13.5. The fourth-order valence-corrected chi connectivity index (χ4v) is 4.03. The van der Waals surface area contributed by atoms with Crippen LogP contribution >= 0.6 is 0 Å². The number of aromatic amines is 1. The Balaban J connectivity index is 1.58. The SMILES string of the molecule is COc1ccccc1N1C[C@@H](c2cc(=O)[nH]c(N3CCC(C)CC3)n2)CC1=O. The molecule has 1 atom stereocenters. The summed E-state index contributed by atoms with van der Waals surface area (Å²) in [5.41, 5.74) is 1.28. The molecule has 2 aliphatic rings. The molecule has 3 heterocycles. The summed E-state index contributed by atoms with van der Waals surface area (Å²) >= 11 is 0. The number of anilines is 2. The molecule has 148 valence electrons. The largest absolute Gasteiger partial charge is 0.495 e. The molecule has 1 aromatic carbocycles. The van der Waals surface area contributed by atoms with Gasteiger partial charge in [0.15, 0.2) is 0 Å². The minimum Gasteiger partial charge on any atom is -0.495 e. The number of methoxy groups -OCH3 is 1. The topological polar surface area (TPSA) is 78.5 Å². The van der Waals surface area contributed by atoms with Gasteiger partial charge in [-0.15, -0.1) is 0 Å². The summed E-state index contributed by atoms with van der Waals surface area (Å²) in [4.78, 5) is 36.4. The van der Waals surface area contributed by atoms with Crippen LogP contribution in [0.1, 0.15) is 37.8 Å². The van der Waals surface area contributed by atoms with Crippen LogP contribution < -0.4 is 20.1 Å². The summed E-state index contributed by atoms with van der Waals surface area (Å²) in [6.45, 7) is 4.53. The van der Waals surface area contributed by atoms with Gasteiger partial charge in [-0.1, -0.05) is 19.1 Å². The molecule has 28 heavy (non-hydrogen) atoms. The van der Waals surface area contributed by atoms with Crippen LogP contribution in [0.2, 0.25) is 0 Å². The molecular formula is C21H26N4O3. The zero-order valence-electron chi connectivity index (χ0n) is 16.4. The molecule has 0 unspecified atom stereocenters. The standard InChI is InChI=1S/C21H26N4O3/c1-14-7-9-24(10-8-14)21-22-16(12-19(26)23-21)15-11-20(27)25(13-15)17-5-3-4-6-18(17)28-2/h3-6,12,14-15H,7-11,13H2,1-2H3,(H,22,23,26)/t15-/m0/s1. The van der Waals surface area contributed by atoms with Gasteiger partial charge < -0.3 is 14.5 Å². The second-order valence-electron chi connectivity index (χ2n) is 7.74. The number of carbonyl (C=O) groups is 1. The van der Waals surface area contributed by atoms with Gasteiger partial charge in [-0.2, -0.15) is 0 Å². The van der Waals surface area contributed by atoms with Crippen molar-refractivity contribution in [3.05, 3.63) is 46.4 Å².